The van der Waals surface area contributed by atoms with Crippen LogP contribution in [0.25, 0.3) is 0 Å². The zero-order chi connectivity index (χ0) is 18.9. The molecule has 0 aliphatic rings. The fraction of sp³-hybridized carbons (Fsp3) is 0.333. The van der Waals surface area contributed by atoms with Crippen molar-refractivity contribution in [1.82, 2.24) is 0 Å². The summed E-state index contributed by atoms with van der Waals surface area (Å²) in [5.41, 5.74) is 2.76. The second-order valence-electron chi connectivity index (χ2n) is 7.27. The molecule has 0 saturated carbocycles. The second kappa shape index (κ2) is 9.98. The molecule has 3 nitrogen and oxygen atoms in total. The molecular weight excluding hydrogens is 334 g/mol. The summed E-state index contributed by atoms with van der Waals surface area (Å²) in [7, 11) is 0. The molecule has 3 heteroatoms. The number of nitrogens with two attached hydrogens (primary N) is 1. The maximum atomic E-state index is 5.79. The molecular formula is C24H30NO2+. The van der Waals surface area contributed by atoms with Gasteiger partial charge in [0.15, 0.2) is 5.76 Å². The quantitative estimate of drug-likeness (QED) is 0.536. The summed E-state index contributed by atoms with van der Waals surface area (Å²) in [5, 5.41) is 2.33. The van der Waals surface area contributed by atoms with E-state index in [2.05, 4.69) is 73.8 Å². The van der Waals surface area contributed by atoms with E-state index in [0.29, 0.717) is 5.92 Å². The van der Waals surface area contributed by atoms with Gasteiger partial charge in [-0.25, -0.2) is 0 Å². The van der Waals surface area contributed by atoms with Gasteiger partial charge in [-0.3, -0.25) is 0 Å². The first-order valence-electron chi connectivity index (χ1n) is 9.85. The molecule has 2 aromatic carbocycles. The first kappa shape index (κ1) is 19.2. The molecule has 0 amide bonds. The van der Waals surface area contributed by atoms with Crippen LogP contribution in [0.5, 0.6) is 5.75 Å². The standard InChI is InChI=1S/C24H29NO2/c1-19(2)27-23-12-10-21(11-13-23)22(17-20-7-4-3-5-8-20)14-15-25-18-24-9-6-16-26-24/h3-13,16,19,22,25H,14-15,17-18H2,1-2H3/p+1/t22-/m0/s1. The van der Waals surface area contributed by atoms with Gasteiger partial charge in [0.25, 0.3) is 0 Å². The Morgan fingerprint density at radius 1 is 0.926 bits per heavy atom. The van der Waals surface area contributed by atoms with Gasteiger partial charge in [-0.2, -0.15) is 0 Å². The van der Waals surface area contributed by atoms with Crippen molar-refractivity contribution in [1.29, 1.82) is 0 Å². The molecule has 1 heterocycles. The molecule has 2 N–H and O–H groups in total. The molecule has 0 fully saturated rings. The number of quaternary nitrogens is 1. The van der Waals surface area contributed by atoms with E-state index >= 15 is 0 Å². The van der Waals surface area contributed by atoms with E-state index in [1.807, 2.05) is 12.1 Å². The normalized spacial score (nSPS) is 12.3. The lowest BCUT2D eigenvalue weighted by molar-refractivity contribution is -0.672. The monoisotopic (exact) mass is 364 g/mol. The molecule has 0 radical (unpaired) electrons. The maximum Gasteiger partial charge on any atom is 0.157 e. The Morgan fingerprint density at radius 2 is 1.70 bits per heavy atom. The SMILES string of the molecule is CC(C)Oc1ccc([C@@H](CC[NH2+]Cc2ccco2)Cc2ccccc2)cc1. The van der Waals surface area contributed by atoms with Crippen molar-refractivity contribution >= 4 is 0 Å². The van der Waals surface area contributed by atoms with Crippen LogP contribution >= 0.6 is 0 Å². The van der Waals surface area contributed by atoms with Gasteiger partial charge in [-0.05, 0) is 61.6 Å². The lowest BCUT2D eigenvalue weighted by Crippen LogP contribution is -2.82. The van der Waals surface area contributed by atoms with Crippen LogP contribution in [0.4, 0.5) is 0 Å². The number of furan rings is 1. The zero-order valence-corrected chi connectivity index (χ0v) is 16.3. The molecule has 0 aliphatic carbocycles. The number of benzene rings is 2. The third-order valence-corrected chi connectivity index (χ3v) is 4.69. The Bertz CT molecular complexity index is 764. The van der Waals surface area contributed by atoms with Crippen molar-refractivity contribution in [2.24, 2.45) is 0 Å². The number of rotatable bonds is 10. The van der Waals surface area contributed by atoms with Gasteiger partial charge in [-0.15, -0.1) is 0 Å². The smallest absolute Gasteiger partial charge is 0.157 e. The van der Waals surface area contributed by atoms with E-state index in [-0.39, 0.29) is 6.10 Å². The third kappa shape index (κ3) is 6.30. The predicted octanol–water partition coefficient (Wildman–Crippen LogP) is 4.55. The summed E-state index contributed by atoms with van der Waals surface area (Å²) in [6.45, 7) is 6.08. The Morgan fingerprint density at radius 3 is 2.37 bits per heavy atom. The Balaban J connectivity index is 1.63. The van der Waals surface area contributed by atoms with E-state index in [1.165, 1.54) is 11.1 Å². The van der Waals surface area contributed by atoms with Gasteiger partial charge in [-0.1, -0.05) is 42.5 Å². The largest absolute Gasteiger partial charge is 0.491 e. The van der Waals surface area contributed by atoms with Gasteiger partial charge < -0.3 is 14.5 Å². The Hall–Kier alpha value is -2.52. The van der Waals surface area contributed by atoms with Crippen LogP contribution in [0.15, 0.2) is 77.4 Å². The van der Waals surface area contributed by atoms with Crippen molar-refractivity contribution in [3.63, 3.8) is 0 Å². The molecule has 0 bridgehead atoms. The molecule has 0 unspecified atom stereocenters. The summed E-state index contributed by atoms with van der Waals surface area (Å²) in [5.74, 6) is 2.47. The van der Waals surface area contributed by atoms with E-state index in [0.717, 1.165) is 37.4 Å². The summed E-state index contributed by atoms with van der Waals surface area (Å²) in [6.07, 6.45) is 4.12. The minimum Gasteiger partial charge on any atom is -0.491 e. The van der Waals surface area contributed by atoms with Crippen LogP contribution in [-0.4, -0.2) is 12.6 Å². The number of hydrogen-bond acceptors (Lipinski definition) is 2. The second-order valence-corrected chi connectivity index (χ2v) is 7.27. The van der Waals surface area contributed by atoms with Gasteiger partial charge in [0.1, 0.15) is 12.3 Å². The van der Waals surface area contributed by atoms with Crippen LogP contribution in [0, 0.1) is 0 Å². The molecule has 142 valence electrons. The van der Waals surface area contributed by atoms with Crippen LogP contribution in [0.2, 0.25) is 0 Å². The summed E-state index contributed by atoms with van der Waals surface area (Å²) < 4.78 is 11.2. The minimum atomic E-state index is 0.201. The van der Waals surface area contributed by atoms with Crippen molar-refractivity contribution in [3.8, 4) is 5.75 Å². The Labute approximate surface area is 162 Å². The fourth-order valence-electron chi connectivity index (χ4n) is 3.37. The van der Waals surface area contributed by atoms with Crippen molar-refractivity contribution in [2.45, 2.75) is 45.3 Å². The summed E-state index contributed by atoms with van der Waals surface area (Å²) >= 11 is 0. The number of ether oxygens (including phenoxy) is 1. The van der Waals surface area contributed by atoms with E-state index < -0.39 is 0 Å². The molecule has 3 aromatic rings. The lowest BCUT2D eigenvalue weighted by atomic mass is 9.89. The lowest BCUT2D eigenvalue weighted by Gasteiger charge is -2.18. The molecule has 1 atom stereocenters. The first-order valence-corrected chi connectivity index (χ1v) is 9.85. The third-order valence-electron chi connectivity index (χ3n) is 4.69. The molecule has 27 heavy (non-hydrogen) atoms. The highest BCUT2D eigenvalue weighted by atomic mass is 16.5. The van der Waals surface area contributed by atoms with E-state index in [1.54, 1.807) is 6.26 Å². The summed E-state index contributed by atoms with van der Waals surface area (Å²) in [6, 6.07) is 23.4. The van der Waals surface area contributed by atoms with Crippen LogP contribution in [0.3, 0.4) is 0 Å². The average Bonchev–Trinajstić information content (AvgIpc) is 3.19. The van der Waals surface area contributed by atoms with Crippen molar-refractivity contribution in [2.75, 3.05) is 6.54 Å². The molecule has 0 spiro atoms. The predicted molar refractivity (Wildman–Crippen MR) is 109 cm³/mol. The van der Waals surface area contributed by atoms with Gasteiger partial charge in [0, 0.05) is 6.42 Å². The summed E-state index contributed by atoms with van der Waals surface area (Å²) in [4.78, 5) is 0. The minimum absolute atomic E-state index is 0.201. The highest BCUT2D eigenvalue weighted by molar-refractivity contribution is 5.31. The molecule has 1 aromatic heterocycles. The first-order chi connectivity index (χ1) is 13.2. The highest BCUT2D eigenvalue weighted by Gasteiger charge is 2.14. The molecule has 0 saturated heterocycles. The van der Waals surface area contributed by atoms with E-state index in [4.69, 9.17) is 9.15 Å². The molecule has 0 aliphatic heterocycles. The topological polar surface area (TPSA) is 39.0 Å². The fourth-order valence-corrected chi connectivity index (χ4v) is 3.37. The average molecular weight is 365 g/mol. The molecule has 3 rings (SSSR count). The van der Waals surface area contributed by atoms with Gasteiger partial charge >= 0.3 is 0 Å². The van der Waals surface area contributed by atoms with Gasteiger partial charge in [0.2, 0.25) is 0 Å². The van der Waals surface area contributed by atoms with Crippen LogP contribution in [-0.2, 0) is 13.0 Å². The van der Waals surface area contributed by atoms with Gasteiger partial charge in [0.05, 0.1) is 18.9 Å². The van der Waals surface area contributed by atoms with Crippen molar-refractivity contribution < 1.29 is 14.5 Å². The van der Waals surface area contributed by atoms with Crippen molar-refractivity contribution in [3.05, 3.63) is 89.9 Å². The zero-order valence-electron chi connectivity index (χ0n) is 16.3. The van der Waals surface area contributed by atoms with Crippen LogP contribution in [0.1, 0.15) is 43.1 Å². The number of hydrogen-bond donors (Lipinski definition) is 1. The maximum absolute atomic E-state index is 5.79. The highest BCUT2D eigenvalue weighted by Crippen LogP contribution is 2.26. The van der Waals surface area contributed by atoms with E-state index in [9.17, 15) is 0 Å². The van der Waals surface area contributed by atoms with Crippen LogP contribution < -0.4 is 10.1 Å². The Kier molecular flexibility index (Phi) is 7.11.